The lowest BCUT2D eigenvalue weighted by Gasteiger charge is -2.25. The number of carboxylic acids is 1. The van der Waals surface area contributed by atoms with Crippen LogP contribution in [0.2, 0.25) is 0 Å². The van der Waals surface area contributed by atoms with Crippen LogP contribution in [0.1, 0.15) is 57.6 Å². The number of carbonyl (C=O) groups is 2. The highest BCUT2D eigenvalue weighted by molar-refractivity contribution is 5.90. The number of carboxylic acid groups (broad SMARTS) is 1. The molecule has 3 N–H and O–H groups in total. The van der Waals surface area contributed by atoms with Gasteiger partial charge in [0.15, 0.2) is 6.29 Å². The summed E-state index contributed by atoms with van der Waals surface area (Å²) in [6.45, 7) is 6.85. The van der Waals surface area contributed by atoms with E-state index in [-0.39, 0.29) is 5.91 Å². The molecule has 2 rings (SSSR count). The van der Waals surface area contributed by atoms with Gasteiger partial charge in [0.1, 0.15) is 5.54 Å². The van der Waals surface area contributed by atoms with Crippen LogP contribution in [-0.2, 0) is 25.7 Å². The summed E-state index contributed by atoms with van der Waals surface area (Å²) in [5.74, 6) is -0.755. The van der Waals surface area contributed by atoms with Gasteiger partial charge in [-0.25, -0.2) is 10.3 Å². The van der Waals surface area contributed by atoms with Crippen molar-refractivity contribution in [1.82, 2.24) is 10.8 Å². The molecule has 1 saturated carbocycles. The van der Waals surface area contributed by atoms with Gasteiger partial charge >= 0.3 is 5.97 Å². The lowest BCUT2D eigenvalue weighted by Crippen LogP contribution is -2.49. The van der Waals surface area contributed by atoms with E-state index >= 15 is 0 Å². The Hall–Kier alpha value is -2.22. The van der Waals surface area contributed by atoms with E-state index in [9.17, 15) is 14.7 Å². The molecule has 0 aromatic heterocycles. The minimum absolute atomic E-state index is 0.375. The number of ether oxygens (including phenoxy) is 1. The molecule has 0 bridgehead atoms. The highest BCUT2D eigenvalue weighted by Crippen LogP contribution is 2.30. The number of aliphatic carboxylic acids is 1. The van der Waals surface area contributed by atoms with Crippen LogP contribution in [0.3, 0.4) is 0 Å². The van der Waals surface area contributed by atoms with E-state index in [1.54, 1.807) is 13.0 Å². The quantitative estimate of drug-likeness (QED) is 0.298. The SMILES string of the molecule is CC(C)COC(C)ONC(=O)/C=C/c1ccc(CNC2(C(=O)O)CCCC2)cc1. The van der Waals surface area contributed by atoms with Crippen molar-refractivity contribution in [2.45, 2.75) is 64.8 Å². The summed E-state index contributed by atoms with van der Waals surface area (Å²) in [5.41, 5.74) is 3.40. The Morgan fingerprint density at radius 3 is 2.41 bits per heavy atom. The maximum atomic E-state index is 11.8. The first-order chi connectivity index (χ1) is 13.8. The van der Waals surface area contributed by atoms with Gasteiger partial charge in [-0.3, -0.25) is 14.9 Å². The van der Waals surface area contributed by atoms with E-state index in [4.69, 9.17) is 9.57 Å². The molecule has 1 aliphatic rings. The Morgan fingerprint density at radius 1 is 1.17 bits per heavy atom. The lowest BCUT2D eigenvalue weighted by atomic mass is 9.97. The van der Waals surface area contributed by atoms with Crippen LogP contribution in [0.15, 0.2) is 30.3 Å². The van der Waals surface area contributed by atoms with Crippen molar-refractivity contribution in [3.63, 3.8) is 0 Å². The molecule has 0 spiro atoms. The van der Waals surface area contributed by atoms with Crippen molar-refractivity contribution < 1.29 is 24.3 Å². The molecule has 1 aromatic rings. The van der Waals surface area contributed by atoms with Gasteiger partial charge in [-0.05, 0) is 42.9 Å². The second-order valence-electron chi connectivity index (χ2n) is 7.90. The fourth-order valence-electron chi connectivity index (χ4n) is 3.17. The molecule has 1 amide bonds. The summed E-state index contributed by atoms with van der Waals surface area (Å²) in [6.07, 6.45) is 5.78. The maximum Gasteiger partial charge on any atom is 0.323 e. The number of rotatable bonds is 11. The summed E-state index contributed by atoms with van der Waals surface area (Å²) in [5, 5.41) is 12.7. The van der Waals surface area contributed by atoms with E-state index in [0.717, 1.165) is 24.0 Å². The van der Waals surface area contributed by atoms with Gasteiger partial charge < -0.3 is 9.84 Å². The van der Waals surface area contributed by atoms with Gasteiger partial charge in [0.2, 0.25) is 0 Å². The molecule has 1 fully saturated rings. The summed E-state index contributed by atoms with van der Waals surface area (Å²) in [7, 11) is 0. The van der Waals surface area contributed by atoms with E-state index in [0.29, 0.717) is 31.9 Å². The third-order valence-corrected chi connectivity index (χ3v) is 4.89. The van der Waals surface area contributed by atoms with Gasteiger partial charge in [-0.15, -0.1) is 0 Å². The summed E-state index contributed by atoms with van der Waals surface area (Å²) in [4.78, 5) is 28.6. The van der Waals surface area contributed by atoms with Crippen molar-refractivity contribution >= 4 is 18.0 Å². The number of amides is 1. The molecule has 1 aliphatic carbocycles. The average molecular weight is 405 g/mol. The molecule has 7 nitrogen and oxygen atoms in total. The molecule has 7 heteroatoms. The molecule has 0 radical (unpaired) electrons. The normalized spacial score (nSPS) is 17.0. The summed E-state index contributed by atoms with van der Waals surface area (Å²) >= 11 is 0. The van der Waals surface area contributed by atoms with E-state index < -0.39 is 17.8 Å². The zero-order valence-corrected chi connectivity index (χ0v) is 17.4. The van der Waals surface area contributed by atoms with Gasteiger partial charge in [-0.1, -0.05) is 51.0 Å². The smallest absolute Gasteiger partial charge is 0.323 e. The van der Waals surface area contributed by atoms with Crippen molar-refractivity contribution in [1.29, 1.82) is 0 Å². The molecule has 29 heavy (non-hydrogen) atoms. The Labute approximate surface area is 172 Å². The summed E-state index contributed by atoms with van der Waals surface area (Å²) < 4.78 is 5.41. The van der Waals surface area contributed by atoms with Crippen molar-refractivity contribution in [2.75, 3.05) is 6.61 Å². The van der Waals surface area contributed by atoms with Crippen LogP contribution in [0.5, 0.6) is 0 Å². The molecule has 0 saturated heterocycles. The molecule has 160 valence electrons. The van der Waals surface area contributed by atoms with Crippen LogP contribution in [0.4, 0.5) is 0 Å². The first-order valence-electron chi connectivity index (χ1n) is 10.1. The number of benzene rings is 1. The van der Waals surface area contributed by atoms with Gasteiger partial charge in [0.25, 0.3) is 5.91 Å². The largest absolute Gasteiger partial charge is 0.480 e. The zero-order valence-electron chi connectivity index (χ0n) is 17.4. The number of hydrogen-bond donors (Lipinski definition) is 3. The Balaban J connectivity index is 1.78. The van der Waals surface area contributed by atoms with E-state index in [2.05, 4.69) is 10.8 Å². The summed E-state index contributed by atoms with van der Waals surface area (Å²) in [6, 6.07) is 7.62. The van der Waals surface area contributed by atoms with E-state index in [1.165, 1.54) is 6.08 Å². The molecule has 0 heterocycles. The molecule has 1 aromatic carbocycles. The van der Waals surface area contributed by atoms with E-state index in [1.807, 2.05) is 38.1 Å². The Bertz CT molecular complexity index is 694. The fourth-order valence-corrected chi connectivity index (χ4v) is 3.17. The lowest BCUT2D eigenvalue weighted by molar-refractivity contribution is -0.180. The predicted molar refractivity (Wildman–Crippen MR) is 111 cm³/mol. The minimum Gasteiger partial charge on any atom is -0.480 e. The van der Waals surface area contributed by atoms with Crippen LogP contribution in [-0.4, -0.2) is 35.4 Å². The third kappa shape index (κ3) is 7.61. The number of hydrogen-bond acceptors (Lipinski definition) is 5. The first kappa shape index (κ1) is 23.1. The Morgan fingerprint density at radius 2 is 1.83 bits per heavy atom. The van der Waals surface area contributed by atoms with Crippen molar-refractivity contribution in [3.8, 4) is 0 Å². The number of nitrogens with one attached hydrogen (secondary N) is 2. The Kier molecular flexibility index (Phi) is 8.82. The van der Waals surface area contributed by atoms with Gasteiger partial charge in [0, 0.05) is 12.6 Å². The van der Waals surface area contributed by atoms with Crippen LogP contribution in [0.25, 0.3) is 6.08 Å². The van der Waals surface area contributed by atoms with Gasteiger partial charge in [-0.2, -0.15) is 0 Å². The second-order valence-corrected chi connectivity index (χ2v) is 7.90. The van der Waals surface area contributed by atoms with Crippen molar-refractivity contribution in [2.24, 2.45) is 5.92 Å². The standard InChI is InChI=1S/C22H32N2O5/c1-16(2)15-28-17(3)29-24-20(25)11-10-18-6-8-19(9-7-18)14-23-22(21(26)27)12-4-5-13-22/h6-11,16-17,23H,4-5,12-15H2,1-3H3,(H,24,25)(H,26,27)/b11-10+. The third-order valence-electron chi connectivity index (χ3n) is 4.89. The van der Waals surface area contributed by atoms with Crippen LogP contribution >= 0.6 is 0 Å². The average Bonchev–Trinajstić information content (AvgIpc) is 3.19. The van der Waals surface area contributed by atoms with Crippen molar-refractivity contribution in [3.05, 3.63) is 41.5 Å². The number of carbonyl (C=O) groups excluding carboxylic acids is 1. The highest BCUT2D eigenvalue weighted by atomic mass is 16.8. The monoisotopic (exact) mass is 404 g/mol. The first-order valence-corrected chi connectivity index (χ1v) is 10.1. The number of hydroxylamine groups is 1. The topological polar surface area (TPSA) is 96.9 Å². The van der Waals surface area contributed by atoms with Crippen LogP contribution < -0.4 is 10.8 Å². The fraction of sp³-hybridized carbons (Fsp3) is 0.545. The van der Waals surface area contributed by atoms with Crippen LogP contribution in [0, 0.1) is 5.92 Å². The minimum atomic E-state index is -0.799. The van der Waals surface area contributed by atoms with Gasteiger partial charge in [0.05, 0.1) is 6.61 Å². The maximum absolute atomic E-state index is 11.8. The second kappa shape index (κ2) is 11.1. The molecule has 0 aliphatic heterocycles. The molecule has 1 unspecified atom stereocenters. The zero-order chi connectivity index (χ0) is 21.3. The highest BCUT2D eigenvalue weighted by Gasteiger charge is 2.40. The predicted octanol–water partition coefficient (Wildman–Crippen LogP) is 3.25. The molecular formula is C22H32N2O5. The molecular weight excluding hydrogens is 372 g/mol. The molecule has 1 atom stereocenters.